The number of hydrogen-bond acceptors (Lipinski definition) is 1. The van der Waals surface area contributed by atoms with Crippen molar-refractivity contribution >= 4 is 74.6 Å². The van der Waals surface area contributed by atoms with Gasteiger partial charge in [-0.2, -0.15) is 0 Å². The van der Waals surface area contributed by atoms with Crippen LogP contribution in [-0.2, 0) is 0 Å². The van der Waals surface area contributed by atoms with Gasteiger partial charge in [0.05, 0.1) is 0 Å². The minimum Gasteiger partial charge on any atom is -0.135 e. The Morgan fingerprint density at radius 1 is 0.277 bits per heavy atom. The summed E-state index contributed by atoms with van der Waals surface area (Å²) in [7, 11) is 0. The summed E-state index contributed by atoms with van der Waals surface area (Å²) in [5.74, 6) is 0. The molecule has 0 aliphatic heterocycles. The lowest BCUT2D eigenvalue weighted by molar-refractivity contribution is 1.67. The molecule has 0 aliphatic carbocycles. The van der Waals surface area contributed by atoms with Crippen molar-refractivity contribution in [2.75, 3.05) is 0 Å². The lowest BCUT2D eigenvalue weighted by atomic mass is 9.84. The Labute approximate surface area is 276 Å². The molecule has 0 saturated carbocycles. The van der Waals surface area contributed by atoms with Crippen LogP contribution in [0.25, 0.3) is 96.6 Å². The van der Waals surface area contributed by atoms with Crippen LogP contribution < -0.4 is 0 Å². The molecule has 1 aromatic heterocycles. The number of thiophene rings is 1. The summed E-state index contributed by atoms with van der Waals surface area (Å²) in [5.41, 5.74) is 7.63. The first-order chi connectivity index (χ1) is 23.3. The van der Waals surface area contributed by atoms with E-state index in [-0.39, 0.29) is 0 Å². The van der Waals surface area contributed by atoms with E-state index in [9.17, 15) is 0 Å². The molecule has 0 nitrogen and oxygen atoms in total. The third-order valence-corrected chi connectivity index (χ3v) is 11.0. The molecule has 10 rings (SSSR count). The van der Waals surface area contributed by atoms with Crippen molar-refractivity contribution in [2.45, 2.75) is 0 Å². The van der Waals surface area contributed by atoms with Crippen LogP contribution in [0.5, 0.6) is 0 Å². The topological polar surface area (TPSA) is 0 Å². The van der Waals surface area contributed by atoms with Gasteiger partial charge in [-0.05, 0) is 101 Å². The van der Waals surface area contributed by atoms with Gasteiger partial charge in [0.1, 0.15) is 0 Å². The lowest BCUT2D eigenvalue weighted by Crippen LogP contribution is -1.92. The molecule has 0 N–H and O–H groups in total. The summed E-state index contributed by atoms with van der Waals surface area (Å²) in [4.78, 5) is 0. The van der Waals surface area contributed by atoms with Crippen LogP contribution in [0.2, 0.25) is 0 Å². The third-order valence-electron chi connectivity index (χ3n) is 9.85. The second-order valence-corrected chi connectivity index (χ2v) is 13.5. The minimum absolute atomic E-state index is 1.25. The fourth-order valence-corrected chi connectivity index (χ4v) is 8.83. The molecule has 9 aromatic carbocycles. The van der Waals surface area contributed by atoms with Gasteiger partial charge >= 0.3 is 0 Å². The Kier molecular flexibility index (Phi) is 5.85. The predicted molar refractivity (Wildman–Crippen MR) is 206 cm³/mol. The number of hydrogen-bond donors (Lipinski definition) is 0. The Hall–Kier alpha value is -5.76. The summed E-state index contributed by atoms with van der Waals surface area (Å²) >= 11 is 1.87. The average molecular weight is 613 g/mol. The summed E-state index contributed by atoms with van der Waals surface area (Å²) in [6, 6.07) is 62.8. The van der Waals surface area contributed by atoms with E-state index in [1.807, 2.05) is 11.3 Å². The smallest absolute Gasteiger partial charge is 0.0355 e. The Balaban J connectivity index is 1.24. The average Bonchev–Trinajstić information content (AvgIpc) is 3.51. The quantitative estimate of drug-likeness (QED) is 0.174. The molecule has 1 heterocycles. The molecule has 47 heavy (non-hydrogen) atoms. The van der Waals surface area contributed by atoms with E-state index in [1.165, 1.54) is 96.6 Å². The molecule has 0 aliphatic rings. The molecule has 218 valence electrons. The first-order valence-corrected chi connectivity index (χ1v) is 17.0. The molecule has 0 bridgehead atoms. The Morgan fingerprint density at radius 2 is 0.809 bits per heavy atom. The highest BCUT2D eigenvalue weighted by Gasteiger charge is 2.19. The highest BCUT2D eigenvalue weighted by Crippen LogP contribution is 2.46. The van der Waals surface area contributed by atoms with Crippen LogP contribution in [-0.4, -0.2) is 0 Å². The SMILES string of the molecule is c1ccc2cc(-c3c4ccccc4c(-c4cccc5c(-c6ccc7sc8ccccc8c7c6)cccc45)c4ccccc34)ccc2c1. The van der Waals surface area contributed by atoms with Gasteiger partial charge < -0.3 is 0 Å². The van der Waals surface area contributed by atoms with E-state index in [0.29, 0.717) is 0 Å². The fraction of sp³-hybridized carbons (Fsp3) is 0. The van der Waals surface area contributed by atoms with Crippen molar-refractivity contribution < 1.29 is 0 Å². The predicted octanol–water partition coefficient (Wildman–Crippen LogP) is 13.7. The largest absolute Gasteiger partial charge is 0.135 e. The first-order valence-electron chi connectivity index (χ1n) is 16.2. The van der Waals surface area contributed by atoms with Crippen molar-refractivity contribution in [2.24, 2.45) is 0 Å². The van der Waals surface area contributed by atoms with Crippen LogP contribution in [0.15, 0.2) is 170 Å². The van der Waals surface area contributed by atoms with Gasteiger partial charge in [0.2, 0.25) is 0 Å². The minimum atomic E-state index is 1.25. The summed E-state index contributed by atoms with van der Waals surface area (Å²) in [6.07, 6.45) is 0. The second-order valence-electron chi connectivity index (χ2n) is 12.4. The van der Waals surface area contributed by atoms with Crippen molar-refractivity contribution in [1.29, 1.82) is 0 Å². The van der Waals surface area contributed by atoms with Gasteiger partial charge in [0.15, 0.2) is 0 Å². The lowest BCUT2D eigenvalue weighted by Gasteiger charge is -2.19. The van der Waals surface area contributed by atoms with Crippen molar-refractivity contribution in [3.05, 3.63) is 170 Å². The maximum atomic E-state index is 2.39. The van der Waals surface area contributed by atoms with Crippen LogP contribution in [0, 0.1) is 0 Å². The van der Waals surface area contributed by atoms with Gasteiger partial charge in [-0.15, -0.1) is 11.3 Å². The monoisotopic (exact) mass is 612 g/mol. The zero-order chi connectivity index (χ0) is 30.9. The van der Waals surface area contributed by atoms with E-state index in [1.54, 1.807) is 0 Å². The standard InChI is InChI=1S/C46H28S/c1-2-12-30-27-32(24-23-29(30)11-1)45-38-14-3-5-16-40(38)46(41-17-6-4-15-39(41)45)37-21-10-19-34-33(18-9-20-35(34)37)31-25-26-44-42(28-31)36-13-7-8-22-43(36)47-44/h1-28H. The van der Waals surface area contributed by atoms with Gasteiger partial charge in [-0.1, -0.05) is 146 Å². The van der Waals surface area contributed by atoms with E-state index < -0.39 is 0 Å². The molecule has 0 spiro atoms. The molecule has 10 aromatic rings. The van der Waals surface area contributed by atoms with Crippen LogP contribution in [0.4, 0.5) is 0 Å². The molecule has 0 amide bonds. The normalized spacial score (nSPS) is 11.8. The molecule has 0 saturated heterocycles. The maximum Gasteiger partial charge on any atom is 0.0355 e. The number of rotatable bonds is 3. The first kappa shape index (κ1) is 26.5. The molecular formula is C46H28S. The fourth-order valence-electron chi connectivity index (χ4n) is 7.75. The zero-order valence-corrected chi connectivity index (χ0v) is 26.4. The zero-order valence-electron chi connectivity index (χ0n) is 25.6. The summed E-state index contributed by atoms with van der Waals surface area (Å²) < 4.78 is 2.67. The molecular weight excluding hydrogens is 585 g/mol. The highest BCUT2D eigenvalue weighted by molar-refractivity contribution is 7.25. The van der Waals surface area contributed by atoms with Gasteiger partial charge in [0.25, 0.3) is 0 Å². The molecule has 0 fully saturated rings. The Morgan fingerprint density at radius 3 is 1.55 bits per heavy atom. The van der Waals surface area contributed by atoms with E-state index in [2.05, 4.69) is 170 Å². The molecule has 0 atom stereocenters. The van der Waals surface area contributed by atoms with Crippen LogP contribution in [0.1, 0.15) is 0 Å². The molecule has 0 unspecified atom stereocenters. The summed E-state index contributed by atoms with van der Waals surface area (Å²) in [5, 5.41) is 12.8. The second kappa shape index (κ2) is 10.4. The molecule has 0 radical (unpaired) electrons. The van der Waals surface area contributed by atoms with E-state index in [4.69, 9.17) is 0 Å². The Bertz CT molecular complexity index is 2800. The van der Waals surface area contributed by atoms with Crippen LogP contribution >= 0.6 is 11.3 Å². The van der Waals surface area contributed by atoms with Gasteiger partial charge in [0, 0.05) is 20.2 Å². The number of benzene rings is 9. The summed E-state index contributed by atoms with van der Waals surface area (Å²) in [6.45, 7) is 0. The van der Waals surface area contributed by atoms with Gasteiger partial charge in [-0.25, -0.2) is 0 Å². The van der Waals surface area contributed by atoms with Crippen molar-refractivity contribution in [1.82, 2.24) is 0 Å². The highest BCUT2D eigenvalue weighted by atomic mass is 32.1. The van der Waals surface area contributed by atoms with E-state index in [0.717, 1.165) is 0 Å². The molecule has 1 heteroatoms. The van der Waals surface area contributed by atoms with E-state index >= 15 is 0 Å². The maximum absolute atomic E-state index is 2.39. The third kappa shape index (κ3) is 4.07. The van der Waals surface area contributed by atoms with Crippen molar-refractivity contribution in [3.8, 4) is 33.4 Å². The number of fused-ring (bicyclic) bond motifs is 7. The van der Waals surface area contributed by atoms with Crippen molar-refractivity contribution in [3.63, 3.8) is 0 Å². The van der Waals surface area contributed by atoms with Crippen LogP contribution in [0.3, 0.4) is 0 Å². The van der Waals surface area contributed by atoms with Gasteiger partial charge in [-0.3, -0.25) is 0 Å².